The number of carbonyl (C=O) groups is 1. The SMILES string of the molecule is CCOC(=O)c1sc(-c2cc(Br)c(Br)s2)c(C(C)C)c1N. The number of nitrogens with two attached hydrogens (primary N) is 1. The van der Waals surface area contributed by atoms with Gasteiger partial charge in [-0.1, -0.05) is 13.8 Å². The molecule has 0 fully saturated rings. The Kier molecular flexibility index (Phi) is 5.51. The molecule has 0 aliphatic carbocycles. The van der Waals surface area contributed by atoms with E-state index < -0.39 is 0 Å². The van der Waals surface area contributed by atoms with Crippen molar-refractivity contribution < 1.29 is 9.53 Å². The fourth-order valence-corrected chi connectivity index (χ4v) is 5.44. The zero-order valence-corrected chi connectivity index (χ0v) is 16.6. The van der Waals surface area contributed by atoms with E-state index in [-0.39, 0.29) is 11.9 Å². The second-order valence-electron chi connectivity index (χ2n) is 4.70. The normalized spacial score (nSPS) is 11.1. The van der Waals surface area contributed by atoms with E-state index in [4.69, 9.17) is 10.5 Å². The lowest BCUT2D eigenvalue weighted by molar-refractivity contribution is 0.0533. The maximum absolute atomic E-state index is 12.1. The summed E-state index contributed by atoms with van der Waals surface area (Å²) in [5, 5.41) is 0. The topological polar surface area (TPSA) is 52.3 Å². The smallest absolute Gasteiger partial charge is 0.350 e. The van der Waals surface area contributed by atoms with Gasteiger partial charge < -0.3 is 10.5 Å². The standard InChI is InChI=1S/C14H15Br2NO2S2/c1-4-19-14(18)12-10(17)9(6(2)3)11(21-12)8-5-7(15)13(16)20-8/h5-6H,4,17H2,1-3H3. The van der Waals surface area contributed by atoms with E-state index >= 15 is 0 Å². The summed E-state index contributed by atoms with van der Waals surface area (Å²) in [6.45, 7) is 6.29. The zero-order valence-electron chi connectivity index (χ0n) is 11.8. The van der Waals surface area contributed by atoms with Crippen molar-refractivity contribution in [2.24, 2.45) is 0 Å². The van der Waals surface area contributed by atoms with Crippen LogP contribution in [-0.2, 0) is 4.74 Å². The number of rotatable bonds is 4. The van der Waals surface area contributed by atoms with E-state index in [1.165, 1.54) is 11.3 Å². The van der Waals surface area contributed by atoms with Gasteiger partial charge in [-0.2, -0.15) is 0 Å². The average molecular weight is 453 g/mol. The minimum Gasteiger partial charge on any atom is -0.462 e. The molecular formula is C14H15Br2NO2S2. The summed E-state index contributed by atoms with van der Waals surface area (Å²) in [7, 11) is 0. The van der Waals surface area contributed by atoms with Crippen LogP contribution in [0.25, 0.3) is 9.75 Å². The third-order valence-electron chi connectivity index (χ3n) is 2.89. The Bertz CT molecular complexity index is 657. The van der Waals surface area contributed by atoms with Crippen LogP contribution >= 0.6 is 54.5 Å². The fraction of sp³-hybridized carbons (Fsp3) is 0.357. The summed E-state index contributed by atoms with van der Waals surface area (Å²) in [5.41, 5.74) is 7.77. The Balaban J connectivity index is 2.59. The van der Waals surface area contributed by atoms with Crippen LogP contribution in [0.2, 0.25) is 0 Å². The summed E-state index contributed by atoms with van der Waals surface area (Å²) in [6, 6.07) is 2.04. The summed E-state index contributed by atoms with van der Waals surface area (Å²) in [6.07, 6.45) is 0. The van der Waals surface area contributed by atoms with E-state index in [9.17, 15) is 4.79 Å². The second kappa shape index (κ2) is 6.81. The molecular weight excluding hydrogens is 438 g/mol. The van der Waals surface area contributed by atoms with Crippen molar-refractivity contribution >= 4 is 66.2 Å². The van der Waals surface area contributed by atoms with Gasteiger partial charge in [0.05, 0.1) is 21.0 Å². The predicted molar refractivity (Wildman–Crippen MR) is 97.5 cm³/mol. The van der Waals surface area contributed by atoms with Crippen molar-refractivity contribution in [3.05, 3.63) is 24.8 Å². The molecule has 2 rings (SSSR count). The van der Waals surface area contributed by atoms with Gasteiger partial charge in [0.1, 0.15) is 4.88 Å². The maximum atomic E-state index is 12.1. The summed E-state index contributed by atoms with van der Waals surface area (Å²) >= 11 is 10.0. The zero-order chi connectivity index (χ0) is 15.7. The first-order valence-corrected chi connectivity index (χ1v) is 9.63. The van der Waals surface area contributed by atoms with Crippen LogP contribution in [0, 0.1) is 0 Å². The highest BCUT2D eigenvalue weighted by atomic mass is 79.9. The van der Waals surface area contributed by atoms with Crippen molar-refractivity contribution in [1.29, 1.82) is 0 Å². The van der Waals surface area contributed by atoms with Crippen molar-refractivity contribution in [1.82, 2.24) is 0 Å². The first-order valence-electron chi connectivity index (χ1n) is 6.41. The fourth-order valence-electron chi connectivity index (χ4n) is 2.02. The lowest BCUT2D eigenvalue weighted by Gasteiger charge is -2.07. The van der Waals surface area contributed by atoms with Gasteiger partial charge in [-0.15, -0.1) is 22.7 Å². The highest BCUT2D eigenvalue weighted by Gasteiger charge is 2.25. The van der Waals surface area contributed by atoms with Crippen LogP contribution in [0.1, 0.15) is 41.9 Å². The largest absolute Gasteiger partial charge is 0.462 e. The molecule has 0 unspecified atom stereocenters. The minimum absolute atomic E-state index is 0.235. The molecule has 0 spiro atoms. The quantitative estimate of drug-likeness (QED) is 0.588. The molecule has 2 aromatic rings. The van der Waals surface area contributed by atoms with Crippen LogP contribution in [0.4, 0.5) is 5.69 Å². The molecule has 0 aliphatic heterocycles. The molecule has 3 nitrogen and oxygen atoms in total. The monoisotopic (exact) mass is 451 g/mol. The number of carbonyl (C=O) groups excluding carboxylic acids is 1. The van der Waals surface area contributed by atoms with E-state index in [2.05, 4.69) is 45.7 Å². The summed E-state index contributed by atoms with van der Waals surface area (Å²) in [5.74, 6) is -0.109. The first kappa shape index (κ1) is 17.0. The number of ether oxygens (including phenoxy) is 1. The number of esters is 1. The number of thiophene rings is 2. The molecule has 0 amide bonds. The van der Waals surface area contributed by atoms with Crippen molar-refractivity contribution in [3.63, 3.8) is 0 Å². The van der Waals surface area contributed by atoms with Gasteiger partial charge >= 0.3 is 5.97 Å². The number of hydrogen-bond acceptors (Lipinski definition) is 5. The highest BCUT2D eigenvalue weighted by Crippen LogP contribution is 2.47. The van der Waals surface area contributed by atoms with Gasteiger partial charge in [0.2, 0.25) is 0 Å². The lowest BCUT2D eigenvalue weighted by atomic mass is 10.0. The molecule has 0 atom stereocenters. The molecule has 0 aromatic carbocycles. The van der Waals surface area contributed by atoms with E-state index in [1.807, 2.05) is 6.07 Å². The van der Waals surface area contributed by atoms with Crippen molar-refractivity contribution in [2.75, 3.05) is 12.3 Å². The van der Waals surface area contributed by atoms with Crippen molar-refractivity contribution in [3.8, 4) is 9.75 Å². The van der Waals surface area contributed by atoms with Crippen LogP contribution in [0.15, 0.2) is 14.3 Å². The van der Waals surface area contributed by atoms with Gasteiger partial charge in [-0.05, 0) is 56.3 Å². The summed E-state index contributed by atoms with van der Waals surface area (Å²) in [4.78, 5) is 14.7. The molecule has 0 aliphatic rings. The predicted octanol–water partition coefficient (Wildman–Crippen LogP) is 5.88. The van der Waals surface area contributed by atoms with E-state index in [0.717, 1.165) is 23.6 Å². The van der Waals surface area contributed by atoms with Gasteiger partial charge in [0.15, 0.2) is 0 Å². The summed E-state index contributed by atoms with van der Waals surface area (Å²) < 4.78 is 7.12. The Morgan fingerprint density at radius 3 is 2.52 bits per heavy atom. The minimum atomic E-state index is -0.345. The third-order valence-corrected chi connectivity index (χ3v) is 7.53. The van der Waals surface area contributed by atoms with Crippen LogP contribution in [0.3, 0.4) is 0 Å². The molecule has 0 bridgehead atoms. The molecule has 2 aromatic heterocycles. The van der Waals surface area contributed by atoms with Gasteiger partial charge in [0, 0.05) is 9.35 Å². The van der Waals surface area contributed by atoms with E-state index in [1.54, 1.807) is 18.3 Å². The molecule has 2 N–H and O–H groups in total. The van der Waals surface area contributed by atoms with Crippen molar-refractivity contribution in [2.45, 2.75) is 26.7 Å². The molecule has 0 saturated carbocycles. The Morgan fingerprint density at radius 1 is 1.38 bits per heavy atom. The molecule has 21 heavy (non-hydrogen) atoms. The Hall–Kier alpha value is -0.370. The van der Waals surface area contributed by atoms with E-state index in [0.29, 0.717) is 17.2 Å². The molecule has 0 radical (unpaired) electrons. The van der Waals surface area contributed by atoms with Crippen LogP contribution in [-0.4, -0.2) is 12.6 Å². The molecule has 7 heteroatoms. The average Bonchev–Trinajstić information content (AvgIpc) is 2.91. The number of nitrogen functional groups attached to an aromatic ring is 1. The number of halogens is 2. The maximum Gasteiger partial charge on any atom is 0.350 e. The first-order chi connectivity index (χ1) is 9.86. The highest BCUT2D eigenvalue weighted by molar-refractivity contribution is 9.13. The lowest BCUT2D eigenvalue weighted by Crippen LogP contribution is -2.06. The Labute approximate surface area is 148 Å². The second-order valence-corrected chi connectivity index (χ2v) is 8.94. The molecule has 0 saturated heterocycles. The van der Waals surface area contributed by atoms with Gasteiger partial charge in [-0.3, -0.25) is 0 Å². The third kappa shape index (κ3) is 3.36. The van der Waals surface area contributed by atoms with Gasteiger partial charge in [0.25, 0.3) is 0 Å². The molecule has 2 heterocycles. The Morgan fingerprint density at radius 2 is 2.05 bits per heavy atom. The van der Waals surface area contributed by atoms with Crippen LogP contribution in [0.5, 0.6) is 0 Å². The number of anilines is 1. The molecule has 114 valence electrons. The van der Waals surface area contributed by atoms with Gasteiger partial charge in [-0.25, -0.2) is 4.79 Å². The number of hydrogen-bond donors (Lipinski definition) is 1. The van der Waals surface area contributed by atoms with Crippen LogP contribution < -0.4 is 5.73 Å².